The number of hydrogen-bond donors (Lipinski definition) is 4. The first kappa shape index (κ1) is 18.7. The number of imidazole rings is 1. The Kier molecular flexibility index (Phi) is 5.36. The fourth-order valence-electron chi connectivity index (χ4n) is 3.44. The molecule has 4 rings (SSSR count). The summed E-state index contributed by atoms with van der Waals surface area (Å²) in [6, 6.07) is 8.39. The fraction of sp³-hybridized carbons (Fsp3) is 0.160. The highest BCUT2D eigenvalue weighted by molar-refractivity contribution is 6.07. The van der Waals surface area contributed by atoms with Crippen molar-refractivity contribution in [1.29, 1.82) is 5.41 Å². The minimum atomic E-state index is -1.04. The van der Waals surface area contributed by atoms with Crippen LogP contribution in [0, 0.1) is 5.41 Å². The number of carboxylic acid groups (broad SMARTS) is 1. The standard InChI is InChI=1S/C25H25N7O3/c1-31-20-10-7-17(25(35)32(13-11-23(33)34)21-4-2-3-12-28-21)14-19(20)30-22(31)15-29-18-8-5-16(6-9-18)24(26)27/h2-10,12,14,29H,11,13,15H2,1H3,(H3,26,27)(H,33,34)/i5D,6D,8D,9D. The van der Waals surface area contributed by atoms with Crippen molar-refractivity contribution in [2.24, 2.45) is 12.8 Å². The van der Waals surface area contributed by atoms with Crippen LogP contribution in [0.3, 0.4) is 0 Å². The summed E-state index contributed by atoms with van der Waals surface area (Å²) >= 11 is 0. The first-order chi connectivity index (χ1) is 18.5. The predicted molar refractivity (Wildman–Crippen MR) is 134 cm³/mol. The second-order valence-corrected chi connectivity index (χ2v) is 7.60. The molecule has 2 aromatic heterocycles. The Morgan fingerprint density at radius 1 is 1.20 bits per heavy atom. The SMILES string of the molecule is [2H]c1c([2H])c(C(=N)N)c([2H])c([2H])c1NCc1nc2cc(C(=O)N(CCC(=O)O)c3ccccn3)ccc2n1C. The quantitative estimate of drug-likeness (QED) is 0.215. The van der Waals surface area contributed by atoms with E-state index in [9.17, 15) is 9.59 Å². The highest BCUT2D eigenvalue weighted by Gasteiger charge is 2.21. The van der Waals surface area contributed by atoms with Gasteiger partial charge in [-0.15, -0.1) is 0 Å². The van der Waals surface area contributed by atoms with Gasteiger partial charge in [0.2, 0.25) is 0 Å². The number of fused-ring (bicyclic) bond motifs is 1. The molecule has 178 valence electrons. The van der Waals surface area contributed by atoms with Gasteiger partial charge in [-0.1, -0.05) is 6.07 Å². The monoisotopic (exact) mass is 475 g/mol. The van der Waals surface area contributed by atoms with Crippen LogP contribution in [0.4, 0.5) is 11.5 Å². The van der Waals surface area contributed by atoms with E-state index < -0.39 is 29.8 Å². The zero-order valence-corrected chi connectivity index (χ0v) is 18.8. The number of carbonyl (C=O) groups excluding carboxylic acids is 1. The highest BCUT2D eigenvalue weighted by Crippen LogP contribution is 2.21. The number of aryl methyl sites for hydroxylation is 1. The third-order valence-corrected chi connectivity index (χ3v) is 5.26. The molecule has 35 heavy (non-hydrogen) atoms. The Balaban J connectivity index is 1.63. The number of hydrogen-bond acceptors (Lipinski definition) is 6. The van der Waals surface area contributed by atoms with Crippen molar-refractivity contribution in [3.8, 4) is 0 Å². The molecular formula is C25H25N7O3. The van der Waals surface area contributed by atoms with Crippen molar-refractivity contribution in [3.63, 3.8) is 0 Å². The third kappa shape index (κ3) is 5.27. The lowest BCUT2D eigenvalue weighted by Gasteiger charge is -2.21. The van der Waals surface area contributed by atoms with E-state index in [-0.39, 0.29) is 48.4 Å². The molecule has 0 bridgehead atoms. The maximum absolute atomic E-state index is 13.4. The van der Waals surface area contributed by atoms with Gasteiger partial charge in [0.25, 0.3) is 5.91 Å². The number of nitrogens with two attached hydrogens (primary N) is 1. The Morgan fingerprint density at radius 3 is 2.63 bits per heavy atom. The van der Waals surface area contributed by atoms with Gasteiger partial charge in [0.15, 0.2) is 0 Å². The summed E-state index contributed by atoms with van der Waals surface area (Å²) < 4.78 is 34.4. The van der Waals surface area contributed by atoms with E-state index in [1.807, 2.05) is 0 Å². The Labute approximate surface area is 207 Å². The topological polar surface area (TPSA) is 150 Å². The first-order valence-electron chi connectivity index (χ1n) is 12.6. The first-order valence-corrected chi connectivity index (χ1v) is 10.6. The van der Waals surface area contributed by atoms with Gasteiger partial charge in [-0.25, -0.2) is 9.97 Å². The molecule has 4 aromatic rings. The number of benzene rings is 2. The lowest BCUT2D eigenvalue weighted by Crippen LogP contribution is -2.33. The maximum atomic E-state index is 13.4. The van der Waals surface area contributed by atoms with Gasteiger partial charge in [0, 0.05) is 36.6 Å². The molecular weight excluding hydrogens is 446 g/mol. The Hall–Kier alpha value is -4.73. The van der Waals surface area contributed by atoms with Crippen molar-refractivity contribution >= 4 is 40.3 Å². The molecule has 0 saturated carbocycles. The minimum Gasteiger partial charge on any atom is -0.481 e. The van der Waals surface area contributed by atoms with Crippen LogP contribution >= 0.6 is 0 Å². The van der Waals surface area contributed by atoms with Gasteiger partial charge in [-0.2, -0.15) is 0 Å². The molecule has 0 radical (unpaired) electrons. The summed E-state index contributed by atoms with van der Waals surface area (Å²) in [5, 5.41) is 19.6. The van der Waals surface area contributed by atoms with E-state index in [0.29, 0.717) is 22.7 Å². The van der Waals surface area contributed by atoms with Gasteiger partial charge in [0.05, 0.1) is 29.5 Å². The summed E-state index contributed by atoms with van der Waals surface area (Å²) in [6.45, 7) is -0.0207. The summed E-state index contributed by atoms with van der Waals surface area (Å²) in [4.78, 5) is 34.6. The molecule has 0 atom stereocenters. The second-order valence-electron chi connectivity index (χ2n) is 7.60. The summed E-state index contributed by atoms with van der Waals surface area (Å²) in [7, 11) is 1.76. The molecule has 0 aliphatic rings. The molecule has 0 spiro atoms. The number of nitrogens with zero attached hydrogens (tertiary/aromatic N) is 4. The normalized spacial score (nSPS) is 12.4. The number of pyridine rings is 1. The van der Waals surface area contributed by atoms with E-state index in [1.165, 1.54) is 11.1 Å². The average molecular weight is 476 g/mol. The number of carbonyl (C=O) groups is 2. The average Bonchev–Trinajstić information content (AvgIpc) is 3.22. The van der Waals surface area contributed by atoms with Crippen LogP contribution in [0.5, 0.6) is 0 Å². The van der Waals surface area contributed by atoms with Crippen LogP contribution in [-0.2, 0) is 18.4 Å². The molecule has 0 saturated heterocycles. The van der Waals surface area contributed by atoms with Crippen LogP contribution in [0.15, 0.2) is 66.8 Å². The number of amidine groups is 1. The molecule has 2 heterocycles. The van der Waals surface area contributed by atoms with Crippen molar-refractivity contribution < 1.29 is 20.2 Å². The molecule has 10 heteroatoms. The van der Waals surface area contributed by atoms with E-state index in [0.717, 1.165) is 0 Å². The van der Waals surface area contributed by atoms with Crippen LogP contribution < -0.4 is 16.0 Å². The zero-order chi connectivity index (χ0) is 28.4. The second kappa shape index (κ2) is 10.0. The molecule has 2 aromatic carbocycles. The zero-order valence-electron chi connectivity index (χ0n) is 22.8. The van der Waals surface area contributed by atoms with Crippen molar-refractivity contribution in [2.45, 2.75) is 13.0 Å². The third-order valence-electron chi connectivity index (χ3n) is 5.26. The number of amides is 1. The number of rotatable bonds is 9. The van der Waals surface area contributed by atoms with Gasteiger partial charge >= 0.3 is 5.97 Å². The van der Waals surface area contributed by atoms with Gasteiger partial charge in [-0.3, -0.25) is 19.9 Å². The van der Waals surface area contributed by atoms with E-state index in [4.69, 9.17) is 21.7 Å². The van der Waals surface area contributed by atoms with Crippen LogP contribution in [-0.4, -0.2) is 43.9 Å². The van der Waals surface area contributed by atoms with Crippen LogP contribution in [0.2, 0.25) is 0 Å². The number of carboxylic acids is 1. The number of anilines is 2. The van der Waals surface area contributed by atoms with Gasteiger partial charge < -0.3 is 20.7 Å². The van der Waals surface area contributed by atoms with E-state index >= 15 is 0 Å². The lowest BCUT2D eigenvalue weighted by molar-refractivity contribution is -0.136. The number of aromatic nitrogens is 3. The number of nitrogens with one attached hydrogen (secondary N) is 2. The molecule has 0 unspecified atom stereocenters. The van der Waals surface area contributed by atoms with Crippen molar-refractivity contribution in [2.75, 3.05) is 16.8 Å². The molecule has 10 nitrogen and oxygen atoms in total. The highest BCUT2D eigenvalue weighted by atomic mass is 16.4. The lowest BCUT2D eigenvalue weighted by atomic mass is 10.1. The fourth-order valence-corrected chi connectivity index (χ4v) is 3.44. The molecule has 5 N–H and O–H groups in total. The molecule has 1 amide bonds. The van der Waals surface area contributed by atoms with E-state index in [2.05, 4.69) is 15.3 Å². The summed E-state index contributed by atoms with van der Waals surface area (Å²) in [5.41, 5.74) is 6.59. The van der Waals surface area contributed by atoms with Gasteiger partial charge in [-0.05, 0) is 54.5 Å². The number of nitrogen functional groups attached to an aromatic ring is 1. The molecule has 0 aliphatic carbocycles. The predicted octanol–water partition coefficient (Wildman–Crippen LogP) is 2.99. The Morgan fingerprint density at radius 2 is 1.97 bits per heavy atom. The summed E-state index contributed by atoms with van der Waals surface area (Å²) in [5.74, 6) is -1.21. The molecule has 0 fully saturated rings. The maximum Gasteiger partial charge on any atom is 0.305 e. The minimum absolute atomic E-state index is 0.0448. The van der Waals surface area contributed by atoms with E-state index in [1.54, 1.807) is 48.0 Å². The summed E-state index contributed by atoms with van der Waals surface area (Å²) in [6.07, 6.45) is 1.26. The van der Waals surface area contributed by atoms with Crippen LogP contribution in [0.1, 0.15) is 33.6 Å². The smallest absolute Gasteiger partial charge is 0.305 e. The van der Waals surface area contributed by atoms with Gasteiger partial charge in [0.1, 0.15) is 17.5 Å². The molecule has 0 aliphatic heterocycles. The largest absolute Gasteiger partial charge is 0.481 e. The Bertz CT molecular complexity index is 1580. The van der Waals surface area contributed by atoms with Crippen molar-refractivity contribution in [1.82, 2.24) is 14.5 Å². The number of aliphatic carboxylic acids is 1. The van der Waals surface area contributed by atoms with Crippen molar-refractivity contribution in [3.05, 3.63) is 83.7 Å². The van der Waals surface area contributed by atoms with Crippen LogP contribution in [0.25, 0.3) is 11.0 Å².